The largest absolute Gasteiger partial charge is 0.484 e. The maximum atomic E-state index is 13.6. The van der Waals surface area contributed by atoms with E-state index in [1.807, 2.05) is 87.5 Å². The Morgan fingerprint density at radius 2 is 1.63 bits per heavy atom. The summed E-state index contributed by atoms with van der Waals surface area (Å²) < 4.78 is 6.73. The summed E-state index contributed by atoms with van der Waals surface area (Å²) in [5, 5.41) is 3.04. The molecule has 0 aliphatic rings. The van der Waals surface area contributed by atoms with E-state index in [4.69, 9.17) is 4.74 Å². The summed E-state index contributed by atoms with van der Waals surface area (Å²) in [7, 11) is 0. The van der Waals surface area contributed by atoms with E-state index < -0.39 is 6.04 Å². The number of benzene rings is 3. The van der Waals surface area contributed by atoms with Crippen LogP contribution in [0.2, 0.25) is 0 Å². The van der Waals surface area contributed by atoms with E-state index in [-0.39, 0.29) is 18.4 Å². The number of ether oxygens (including phenoxy) is 1. The summed E-state index contributed by atoms with van der Waals surface area (Å²) in [5.74, 6) is 0.501. The average molecular weight is 537 g/mol. The van der Waals surface area contributed by atoms with Gasteiger partial charge in [-0.05, 0) is 48.2 Å². The fourth-order valence-electron chi connectivity index (χ4n) is 3.74. The van der Waals surface area contributed by atoms with Gasteiger partial charge in [-0.2, -0.15) is 0 Å². The Hall–Kier alpha value is -3.12. The van der Waals surface area contributed by atoms with Crippen LogP contribution in [0.4, 0.5) is 0 Å². The minimum absolute atomic E-state index is 0.157. The molecule has 1 N–H and O–H groups in total. The van der Waals surface area contributed by atoms with Gasteiger partial charge in [0.15, 0.2) is 6.61 Å². The fraction of sp³-hybridized carbons (Fsp3) is 0.310. The van der Waals surface area contributed by atoms with E-state index >= 15 is 0 Å². The molecule has 0 heterocycles. The number of aryl methyl sites for hydroxylation is 1. The van der Waals surface area contributed by atoms with Crippen molar-refractivity contribution >= 4 is 27.7 Å². The molecular formula is C29H33BrN2O3. The third-order valence-corrected chi connectivity index (χ3v) is 6.10. The molecular weight excluding hydrogens is 504 g/mol. The zero-order chi connectivity index (χ0) is 25.2. The number of carbonyl (C=O) groups is 2. The molecule has 0 saturated carbocycles. The maximum absolute atomic E-state index is 13.6. The number of nitrogens with zero attached hydrogens (tertiary/aromatic N) is 1. The molecule has 0 bridgehead atoms. The number of carbonyl (C=O) groups excluding carboxylic acids is 2. The first-order valence-corrected chi connectivity index (χ1v) is 12.7. The lowest BCUT2D eigenvalue weighted by Gasteiger charge is -2.31. The highest BCUT2D eigenvalue weighted by atomic mass is 79.9. The average Bonchev–Trinajstić information content (AvgIpc) is 2.85. The van der Waals surface area contributed by atoms with Crippen molar-refractivity contribution in [2.45, 2.75) is 39.8 Å². The van der Waals surface area contributed by atoms with Gasteiger partial charge in [-0.3, -0.25) is 9.59 Å². The van der Waals surface area contributed by atoms with Gasteiger partial charge in [0.05, 0.1) is 0 Å². The van der Waals surface area contributed by atoms with E-state index in [1.165, 1.54) is 0 Å². The first-order chi connectivity index (χ1) is 16.8. The summed E-state index contributed by atoms with van der Waals surface area (Å²) in [6.07, 6.45) is 0.417. The monoisotopic (exact) mass is 536 g/mol. The van der Waals surface area contributed by atoms with Crippen LogP contribution < -0.4 is 10.1 Å². The summed E-state index contributed by atoms with van der Waals surface area (Å²) in [6.45, 7) is 6.82. The van der Waals surface area contributed by atoms with Crippen LogP contribution in [0.3, 0.4) is 0 Å². The van der Waals surface area contributed by atoms with Gasteiger partial charge in [-0.15, -0.1) is 0 Å². The third-order valence-electron chi connectivity index (χ3n) is 5.57. The molecule has 3 aromatic rings. The molecule has 0 saturated heterocycles. The second kappa shape index (κ2) is 13.1. The molecule has 5 nitrogen and oxygen atoms in total. The molecule has 0 fully saturated rings. The van der Waals surface area contributed by atoms with E-state index in [0.717, 1.165) is 21.2 Å². The number of amides is 2. The van der Waals surface area contributed by atoms with Crippen LogP contribution in [0.25, 0.3) is 0 Å². The lowest BCUT2D eigenvalue weighted by atomic mass is 10.0. The summed E-state index contributed by atoms with van der Waals surface area (Å²) in [4.78, 5) is 28.6. The normalized spacial score (nSPS) is 11.7. The molecule has 0 spiro atoms. The molecule has 6 heteroatoms. The Bertz CT molecular complexity index is 1100. The van der Waals surface area contributed by atoms with E-state index in [1.54, 1.807) is 17.0 Å². The molecule has 35 heavy (non-hydrogen) atoms. The molecule has 2 amide bonds. The first kappa shape index (κ1) is 26.5. The Morgan fingerprint density at radius 3 is 2.29 bits per heavy atom. The Morgan fingerprint density at radius 1 is 0.943 bits per heavy atom. The van der Waals surface area contributed by atoms with Crippen molar-refractivity contribution in [1.82, 2.24) is 10.2 Å². The van der Waals surface area contributed by atoms with Crippen molar-refractivity contribution in [3.05, 3.63) is 100 Å². The number of nitrogens with one attached hydrogen (secondary N) is 1. The third kappa shape index (κ3) is 8.55. The number of hydrogen-bond donors (Lipinski definition) is 1. The SMILES string of the molecule is Cc1cccc(CN(C(=O)COc2ccc(Br)cc2)[C@H](Cc2ccccc2)C(=O)NCC(C)C)c1. The zero-order valence-corrected chi connectivity index (χ0v) is 22.1. The van der Waals surface area contributed by atoms with E-state index in [0.29, 0.717) is 31.2 Å². The fourth-order valence-corrected chi connectivity index (χ4v) is 4.01. The van der Waals surface area contributed by atoms with Crippen molar-refractivity contribution in [2.24, 2.45) is 5.92 Å². The quantitative estimate of drug-likeness (QED) is 0.349. The number of rotatable bonds is 11. The number of halogens is 1. The smallest absolute Gasteiger partial charge is 0.261 e. The molecule has 0 aromatic heterocycles. The minimum Gasteiger partial charge on any atom is -0.484 e. The number of hydrogen-bond acceptors (Lipinski definition) is 3. The van der Waals surface area contributed by atoms with Crippen molar-refractivity contribution in [3.8, 4) is 5.75 Å². The Balaban J connectivity index is 1.89. The lowest BCUT2D eigenvalue weighted by Crippen LogP contribution is -2.52. The summed E-state index contributed by atoms with van der Waals surface area (Å²) in [6, 6.07) is 24.5. The van der Waals surface area contributed by atoms with Crippen LogP contribution in [0.5, 0.6) is 5.75 Å². The molecule has 3 aromatic carbocycles. The second-order valence-electron chi connectivity index (χ2n) is 9.10. The van der Waals surface area contributed by atoms with E-state index in [2.05, 4.69) is 21.2 Å². The van der Waals surface area contributed by atoms with Gasteiger partial charge in [-0.1, -0.05) is 89.9 Å². The standard InChI is InChI=1S/C29H33BrN2O3/c1-21(2)18-31-29(34)27(17-23-9-5-4-6-10-23)32(19-24-11-7-8-22(3)16-24)28(33)20-35-26-14-12-25(30)13-15-26/h4-16,21,27H,17-20H2,1-3H3,(H,31,34)/t27-/m1/s1. The maximum Gasteiger partial charge on any atom is 0.261 e. The molecule has 0 unspecified atom stereocenters. The van der Waals surface area contributed by atoms with E-state index in [9.17, 15) is 9.59 Å². The van der Waals surface area contributed by atoms with Crippen molar-refractivity contribution in [2.75, 3.05) is 13.2 Å². The van der Waals surface area contributed by atoms with Gasteiger partial charge in [0, 0.05) is 24.0 Å². The predicted molar refractivity (Wildman–Crippen MR) is 143 cm³/mol. The zero-order valence-electron chi connectivity index (χ0n) is 20.5. The molecule has 0 aliphatic carbocycles. The van der Waals surface area contributed by atoms with Gasteiger partial charge in [0.25, 0.3) is 5.91 Å². The van der Waals surface area contributed by atoms with Crippen molar-refractivity contribution < 1.29 is 14.3 Å². The molecule has 184 valence electrons. The second-order valence-corrected chi connectivity index (χ2v) is 10.0. The highest BCUT2D eigenvalue weighted by Crippen LogP contribution is 2.19. The van der Waals surface area contributed by atoms with Gasteiger partial charge >= 0.3 is 0 Å². The Labute approximate surface area is 216 Å². The molecule has 0 radical (unpaired) electrons. The highest BCUT2D eigenvalue weighted by Gasteiger charge is 2.30. The summed E-state index contributed by atoms with van der Waals surface area (Å²) >= 11 is 3.41. The van der Waals surface area contributed by atoms with Gasteiger partial charge in [-0.25, -0.2) is 0 Å². The Kier molecular flexibility index (Phi) is 9.91. The van der Waals surface area contributed by atoms with Gasteiger partial charge < -0.3 is 15.0 Å². The van der Waals surface area contributed by atoms with Crippen LogP contribution in [0.15, 0.2) is 83.3 Å². The molecule has 1 atom stereocenters. The van der Waals surface area contributed by atoms with Crippen LogP contribution in [0, 0.1) is 12.8 Å². The minimum atomic E-state index is -0.669. The van der Waals surface area contributed by atoms with Gasteiger partial charge in [0.2, 0.25) is 5.91 Å². The lowest BCUT2D eigenvalue weighted by molar-refractivity contribution is -0.142. The first-order valence-electron chi connectivity index (χ1n) is 11.9. The van der Waals surface area contributed by atoms with Crippen LogP contribution in [-0.4, -0.2) is 35.9 Å². The van der Waals surface area contributed by atoms with Crippen molar-refractivity contribution in [3.63, 3.8) is 0 Å². The summed E-state index contributed by atoms with van der Waals surface area (Å²) in [5.41, 5.74) is 3.06. The molecule has 3 rings (SSSR count). The van der Waals surface area contributed by atoms with Crippen LogP contribution in [-0.2, 0) is 22.6 Å². The van der Waals surface area contributed by atoms with Crippen molar-refractivity contribution in [1.29, 1.82) is 0 Å². The van der Waals surface area contributed by atoms with Crippen LogP contribution in [0.1, 0.15) is 30.5 Å². The molecule has 0 aliphatic heterocycles. The highest BCUT2D eigenvalue weighted by molar-refractivity contribution is 9.10. The predicted octanol–water partition coefficient (Wildman–Crippen LogP) is 5.55. The van der Waals surface area contributed by atoms with Crippen LogP contribution >= 0.6 is 15.9 Å². The topological polar surface area (TPSA) is 58.6 Å². The van der Waals surface area contributed by atoms with Gasteiger partial charge in [0.1, 0.15) is 11.8 Å².